The molecule has 7 nitrogen and oxygen atoms in total. The van der Waals surface area contributed by atoms with Crippen LogP contribution in [0.4, 0.5) is 9.59 Å². The summed E-state index contributed by atoms with van der Waals surface area (Å²) in [5.74, 6) is -0.103. The van der Waals surface area contributed by atoms with Gasteiger partial charge in [-0.25, -0.2) is 9.59 Å². The predicted molar refractivity (Wildman–Crippen MR) is 107 cm³/mol. The van der Waals surface area contributed by atoms with E-state index in [-0.39, 0.29) is 24.0 Å². The zero-order valence-electron chi connectivity index (χ0n) is 16.5. The number of carbonyl (C=O) groups is 3. The first-order chi connectivity index (χ1) is 13.5. The number of hydrogen-bond acceptors (Lipinski definition) is 3. The zero-order chi connectivity index (χ0) is 20.0. The van der Waals surface area contributed by atoms with E-state index in [0.29, 0.717) is 19.5 Å². The van der Waals surface area contributed by atoms with Gasteiger partial charge in [0.2, 0.25) is 0 Å². The fourth-order valence-electron chi connectivity index (χ4n) is 4.01. The molecule has 0 aromatic heterocycles. The van der Waals surface area contributed by atoms with Crippen LogP contribution in [0.15, 0.2) is 30.3 Å². The van der Waals surface area contributed by atoms with Crippen LogP contribution in [0.25, 0.3) is 0 Å². The molecule has 1 saturated carbocycles. The van der Waals surface area contributed by atoms with E-state index in [9.17, 15) is 14.4 Å². The maximum Gasteiger partial charge on any atom is 0.325 e. The minimum Gasteiger partial charge on any atom is -0.338 e. The van der Waals surface area contributed by atoms with Crippen molar-refractivity contribution in [1.29, 1.82) is 0 Å². The van der Waals surface area contributed by atoms with Crippen LogP contribution in [0.1, 0.15) is 51.0 Å². The van der Waals surface area contributed by atoms with Gasteiger partial charge in [0.15, 0.2) is 0 Å². The maximum absolute atomic E-state index is 12.5. The largest absolute Gasteiger partial charge is 0.338 e. The molecule has 1 spiro atoms. The molecule has 0 unspecified atom stereocenters. The summed E-state index contributed by atoms with van der Waals surface area (Å²) in [4.78, 5) is 38.0. The Kier molecular flexibility index (Phi) is 6.54. The van der Waals surface area contributed by atoms with Gasteiger partial charge in [-0.05, 0) is 44.6 Å². The number of imide groups is 1. The van der Waals surface area contributed by atoms with Gasteiger partial charge in [0, 0.05) is 19.1 Å². The van der Waals surface area contributed by atoms with Crippen molar-refractivity contribution in [3.05, 3.63) is 35.9 Å². The molecule has 152 valence electrons. The number of nitrogens with zero attached hydrogens (tertiary/aromatic N) is 1. The summed E-state index contributed by atoms with van der Waals surface area (Å²) >= 11 is 0. The molecule has 1 aromatic carbocycles. The third-order valence-corrected chi connectivity index (χ3v) is 5.63. The van der Waals surface area contributed by atoms with Crippen LogP contribution in [0.3, 0.4) is 0 Å². The van der Waals surface area contributed by atoms with E-state index in [0.717, 1.165) is 38.5 Å². The van der Waals surface area contributed by atoms with Crippen molar-refractivity contribution < 1.29 is 14.4 Å². The van der Waals surface area contributed by atoms with Crippen LogP contribution in [0.5, 0.6) is 0 Å². The normalized spacial score (nSPS) is 19.0. The third-order valence-electron chi connectivity index (χ3n) is 5.63. The fourth-order valence-corrected chi connectivity index (χ4v) is 4.01. The second-order valence-electron chi connectivity index (χ2n) is 7.86. The van der Waals surface area contributed by atoms with Crippen molar-refractivity contribution in [3.63, 3.8) is 0 Å². The predicted octanol–water partition coefficient (Wildman–Crippen LogP) is 2.56. The van der Waals surface area contributed by atoms with Crippen LogP contribution in [0, 0.1) is 0 Å². The molecule has 1 aliphatic heterocycles. The molecule has 1 saturated heterocycles. The Morgan fingerprint density at radius 2 is 1.93 bits per heavy atom. The molecular formula is C21H30N4O3. The van der Waals surface area contributed by atoms with Gasteiger partial charge in [-0.3, -0.25) is 9.69 Å². The van der Waals surface area contributed by atoms with Crippen molar-refractivity contribution in [2.45, 2.75) is 63.5 Å². The van der Waals surface area contributed by atoms with Crippen molar-refractivity contribution in [1.82, 2.24) is 20.9 Å². The summed E-state index contributed by atoms with van der Waals surface area (Å²) < 4.78 is 0. The first kappa shape index (κ1) is 20.2. The van der Waals surface area contributed by atoms with Crippen LogP contribution < -0.4 is 16.0 Å². The molecule has 7 heteroatoms. The number of nitrogens with one attached hydrogen (secondary N) is 3. The fraction of sp³-hybridized carbons (Fsp3) is 0.571. The quantitative estimate of drug-likeness (QED) is 0.474. The Morgan fingerprint density at radius 3 is 2.64 bits per heavy atom. The maximum atomic E-state index is 12.5. The van der Waals surface area contributed by atoms with E-state index >= 15 is 0 Å². The number of benzene rings is 1. The first-order valence-electron chi connectivity index (χ1n) is 10.2. The molecular weight excluding hydrogens is 356 g/mol. The lowest BCUT2D eigenvalue weighted by molar-refractivity contribution is -0.131. The van der Waals surface area contributed by atoms with Gasteiger partial charge >= 0.3 is 12.1 Å². The van der Waals surface area contributed by atoms with E-state index in [2.05, 4.69) is 28.1 Å². The summed E-state index contributed by atoms with van der Waals surface area (Å²) in [6, 6.07) is 9.73. The average molecular weight is 386 g/mol. The number of aryl methyl sites for hydroxylation is 1. The highest BCUT2D eigenvalue weighted by molar-refractivity contribution is 6.07. The summed E-state index contributed by atoms with van der Waals surface area (Å²) in [5.41, 5.74) is 0.598. The lowest BCUT2D eigenvalue weighted by atomic mass is 9.98. The van der Waals surface area contributed by atoms with Crippen LogP contribution in [-0.4, -0.2) is 47.5 Å². The highest BCUT2D eigenvalue weighted by atomic mass is 16.2. The molecule has 28 heavy (non-hydrogen) atoms. The second kappa shape index (κ2) is 9.08. The van der Waals surface area contributed by atoms with E-state index in [1.54, 1.807) is 0 Å². The number of rotatable bonds is 8. The molecule has 2 aliphatic rings. The molecule has 3 rings (SSSR count). The molecule has 5 amide bonds. The Morgan fingerprint density at radius 1 is 1.21 bits per heavy atom. The molecule has 2 fully saturated rings. The lowest BCUT2D eigenvalue weighted by Crippen LogP contribution is -2.44. The standard InChI is InChI=1S/C21H30N4O3/c1-16(10-11-17-8-3-2-4-9-17)23-19(27)22-14-7-15-25-18(26)21(24-20(25)28)12-5-6-13-21/h2-4,8-9,16H,5-7,10-15H2,1H3,(H,24,28)(H2,22,23,27)/t16-/m1/s1. The number of amides is 5. The number of carbonyl (C=O) groups excluding carboxylic acids is 3. The van der Waals surface area contributed by atoms with Crippen LogP contribution in [-0.2, 0) is 11.2 Å². The lowest BCUT2D eigenvalue weighted by Gasteiger charge is -2.20. The van der Waals surface area contributed by atoms with Crippen molar-refractivity contribution >= 4 is 18.0 Å². The second-order valence-corrected chi connectivity index (χ2v) is 7.86. The van der Waals surface area contributed by atoms with Crippen molar-refractivity contribution in [2.75, 3.05) is 13.1 Å². The molecule has 1 heterocycles. The number of urea groups is 2. The molecule has 1 atom stereocenters. The Balaban J connectivity index is 1.32. The van der Waals surface area contributed by atoms with Gasteiger partial charge in [0.05, 0.1) is 0 Å². The van der Waals surface area contributed by atoms with Gasteiger partial charge in [-0.15, -0.1) is 0 Å². The highest BCUT2D eigenvalue weighted by Gasteiger charge is 2.51. The van der Waals surface area contributed by atoms with Crippen molar-refractivity contribution in [3.8, 4) is 0 Å². The Bertz CT molecular complexity index is 701. The summed E-state index contributed by atoms with van der Waals surface area (Å²) in [6.45, 7) is 2.73. The minimum absolute atomic E-state index is 0.0633. The summed E-state index contributed by atoms with van der Waals surface area (Å²) in [7, 11) is 0. The minimum atomic E-state index is -0.657. The molecule has 0 radical (unpaired) electrons. The van der Waals surface area contributed by atoms with Crippen LogP contribution in [0.2, 0.25) is 0 Å². The highest BCUT2D eigenvalue weighted by Crippen LogP contribution is 2.34. The van der Waals surface area contributed by atoms with E-state index < -0.39 is 5.54 Å². The Hall–Kier alpha value is -2.57. The topological polar surface area (TPSA) is 90.5 Å². The molecule has 3 N–H and O–H groups in total. The van der Waals surface area contributed by atoms with Gasteiger partial charge in [-0.1, -0.05) is 43.2 Å². The average Bonchev–Trinajstić information content (AvgIpc) is 3.24. The molecule has 1 aliphatic carbocycles. The Labute approximate surface area is 166 Å². The van der Waals surface area contributed by atoms with Crippen molar-refractivity contribution in [2.24, 2.45) is 0 Å². The third kappa shape index (κ3) is 4.82. The van der Waals surface area contributed by atoms with Gasteiger partial charge in [0.1, 0.15) is 5.54 Å². The van der Waals surface area contributed by atoms with Gasteiger partial charge in [0.25, 0.3) is 5.91 Å². The molecule has 0 bridgehead atoms. The van der Waals surface area contributed by atoms with E-state index in [1.807, 2.05) is 25.1 Å². The SMILES string of the molecule is C[C@H](CCc1ccccc1)NC(=O)NCCCN1C(=O)NC2(CCCC2)C1=O. The first-order valence-corrected chi connectivity index (χ1v) is 10.2. The summed E-state index contributed by atoms with van der Waals surface area (Å²) in [6.07, 6.45) is 5.73. The van der Waals surface area contributed by atoms with Gasteiger partial charge < -0.3 is 16.0 Å². The smallest absolute Gasteiger partial charge is 0.325 e. The molecule has 1 aromatic rings. The van der Waals surface area contributed by atoms with E-state index in [1.165, 1.54) is 10.5 Å². The zero-order valence-corrected chi connectivity index (χ0v) is 16.5. The van der Waals surface area contributed by atoms with E-state index in [4.69, 9.17) is 0 Å². The number of hydrogen-bond donors (Lipinski definition) is 3. The monoisotopic (exact) mass is 386 g/mol. The van der Waals surface area contributed by atoms with Crippen LogP contribution >= 0.6 is 0 Å². The van der Waals surface area contributed by atoms with Gasteiger partial charge in [-0.2, -0.15) is 0 Å². The summed E-state index contributed by atoms with van der Waals surface area (Å²) in [5, 5.41) is 8.60.